The summed E-state index contributed by atoms with van der Waals surface area (Å²) in [5.74, 6) is 0.982. The van der Waals surface area contributed by atoms with E-state index in [1.165, 1.54) is 30.4 Å². The lowest BCUT2D eigenvalue weighted by atomic mass is 9.91. The van der Waals surface area contributed by atoms with Crippen molar-refractivity contribution in [2.75, 3.05) is 43.4 Å². The molecule has 2 aromatic carbocycles. The standard InChI is InChI=1S/C34H44N8O3/c1-2-28(43)38-26-20-27(31(45)30(26)44)42-22-37-29-32(39-34(40-33(29)42)35-16-19-41-17-10-5-11-18-41)36-21-25(23-12-6-3-7-13-23)24-14-8-4-9-15-24/h3-4,6-9,12-15,22,25-27,30-31,44-45H,2,5,10-11,16-21H2,1H3,(H,38,43)(H2,35,36,39,40)/t26-,27?,30+,31-/m0/s1. The first-order valence-electron chi connectivity index (χ1n) is 16.2. The number of anilines is 2. The molecule has 2 aromatic heterocycles. The fourth-order valence-electron chi connectivity index (χ4n) is 6.60. The predicted octanol–water partition coefficient (Wildman–Crippen LogP) is 3.53. The molecule has 1 unspecified atom stereocenters. The number of piperidine rings is 1. The first-order chi connectivity index (χ1) is 22.0. The van der Waals surface area contributed by atoms with Crippen LogP contribution >= 0.6 is 0 Å². The van der Waals surface area contributed by atoms with Crippen molar-refractivity contribution in [3.05, 3.63) is 78.1 Å². The Labute approximate surface area is 264 Å². The van der Waals surface area contributed by atoms with Gasteiger partial charge < -0.3 is 35.6 Å². The monoisotopic (exact) mass is 612 g/mol. The highest BCUT2D eigenvalue weighted by Crippen LogP contribution is 2.35. The van der Waals surface area contributed by atoms with Crippen molar-refractivity contribution >= 4 is 28.8 Å². The number of nitrogens with one attached hydrogen (secondary N) is 3. The molecule has 0 bridgehead atoms. The summed E-state index contributed by atoms with van der Waals surface area (Å²) >= 11 is 0. The van der Waals surface area contributed by atoms with Gasteiger partial charge in [-0.2, -0.15) is 9.97 Å². The van der Waals surface area contributed by atoms with Crippen molar-refractivity contribution in [3.63, 3.8) is 0 Å². The Hall–Kier alpha value is -4.06. The number of rotatable bonds is 12. The summed E-state index contributed by atoms with van der Waals surface area (Å²) in [6.45, 7) is 6.17. The van der Waals surface area contributed by atoms with Gasteiger partial charge in [-0.05, 0) is 43.5 Å². The number of hydrogen-bond acceptors (Lipinski definition) is 9. The van der Waals surface area contributed by atoms with E-state index in [2.05, 4.69) is 69.4 Å². The van der Waals surface area contributed by atoms with Gasteiger partial charge in [0.05, 0.1) is 18.4 Å². The molecule has 3 heterocycles. The minimum Gasteiger partial charge on any atom is -0.388 e. The summed E-state index contributed by atoms with van der Waals surface area (Å²) in [5, 5.41) is 31.7. The van der Waals surface area contributed by atoms with E-state index in [4.69, 9.17) is 15.0 Å². The van der Waals surface area contributed by atoms with E-state index in [1.54, 1.807) is 13.3 Å². The maximum Gasteiger partial charge on any atom is 0.226 e. The maximum absolute atomic E-state index is 12.1. The average Bonchev–Trinajstić information content (AvgIpc) is 3.62. The van der Waals surface area contributed by atoms with E-state index in [1.807, 2.05) is 16.7 Å². The summed E-state index contributed by atoms with van der Waals surface area (Å²) in [6, 6.07) is 19.7. The first-order valence-corrected chi connectivity index (χ1v) is 16.2. The van der Waals surface area contributed by atoms with Crippen LogP contribution in [0.3, 0.4) is 0 Å². The molecule has 11 heteroatoms. The molecule has 1 saturated heterocycles. The molecule has 45 heavy (non-hydrogen) atoms. The van der Waals surface area contributed by atoms with Crippen molar-refractivity contribution < 1.29 is 15.0 Å². The van der Waals surface area contributed by atoms with Crippen molar-refractivity contribution in [3.8, 4) is 0 Å². The molecule has 5 N–H and O–H groups in total. The number of hydrogen-bond donors (Lipinski definition) is 5. The van der Waals surface area contributed by atoms with Crippen LogP contribution in [0.25, 0.3) is 11.2 Å². The van der Waals surface area contributed by atoms with Gasteiger partial charge in [-0.25, -0.2) is 4.98 Å². The van der Waals surface area contributed by atoms with Gasteiger partial charge in [0.15, 0.2) is 17.0 Å². The van der Waals surface area contributed by atoms with Crippen molar-refractivity contribution in [1.29, 1.82) is 0 Å². The van der Waals surface area contributed by atoms with E-state index < -0.39 is 24.3 Å². The van der Waals surface area contributed by atoms with Gasteiger partial charge in [0.1, 0.15) is 12.2 Å². The summed E-state index contributed by atoms with van der Waals surface area (Å²) in [5.41, 5.74) is 3.52. The molecule has 4 aromatic rings. The number of amides is 1. The molecule has 4 atom stereocenters. The van der Waals surface area contributed by atoms with Crippen LogP contribution in [0.4, 0.5) is 11.8 Å². The Morgan fingerprint density at radius 3 is 2.29 bits per heavy atom. The van der Waals surface area contributed by atoms with Crippen LogP contribution in [0.1, 0.15) is 62.1 Å². The molecular formula is C34H44N8O3. The Kier molecular flexibility index (Phi) is 9.88. The molecule has 1 aliphatic heterocycles. The Morgan fingerprint density at radius 1 is 0.933 bits per heavy atom. The van der Waals surface area contributed by atoms with Gasteiger partial charge in [-0.3, -0.25) is 4.79 Å². The zero-order valence-electron chi connectivity index (χ0n) is 25.8. The predicted molar refractivity (Wildman–Crippen MR) is 175 cm³/mol. The van der Waals surface area contributed by atoms with Crippen molar-refractivity contribution in [2.24, 2.45) is 0 Å². The molecule has 1 amide bonds. The molecule has 11 nitrogen and oxygen atoms in total. The minimum atomic E-state index is -1.10. The highest BCUT2D eigenvalue weighted by molar-refractivity contribution is 5.84. The van der Waals surface area contributed by atoms with E-state index in [0.29, 0.717) is 48.9 Å². The molecule has 1 aliphatic carbocycles. The topological polar surface area (TPSA) is 140 Å². The molecule has 1 saturated carbocycles. The Bertz CT molecular complexity index is 1500. The van der Waals surface area contributed by atoms with Crippen molar-refractivity contribution in [1.82, 2.24) is 29.7 Å². The fraction of sp³-hybridized carbons (Fsp3) is 0.471. The lowest BCUT2D eigenvalue weighted by molar-refractivity contribution is -0.122. The first kappa shape index (κ1) is 30.9. The Balaban J connectivity index is 1.30. The van der Waals surface area contributed by atoms with Crippen LogP contribution in [-0.2, 0) is 4.79 Å². The third-order valence-corrected chi connectivity index (χ3v) is 9.14. The molecule has 238 valence electrons. The van der Waals surface area contributed by atoms with Crippen molar-refractivity contribution in [2.45, 2.75) is 69.2 Å². The second-order valence-electron chi connectivity index (χ2n) is 12.1. The number of nitrogens with zero attached hydrogens (tertiary/aromatic N) is 5. The number of aliphatic hydroxyl groups is 2. The number of carbonyl (C=O) groups excluding carboxylic acids is 1. The van der Waals surface area contributed by atoms with Crippen LogP contribution < -0.4 is 16.0 Å². The van der Waals surface area contributed by atoms with Gasteiger partial charge in [-0.1, -0.05) is 74.0 Å². The van der Waals surface area contributed by atoms with E-state index in [0.717, 1.165) is 19.6 Å². The molecule has 2 fully saturated rings. The van der Waals surface area contributed by atoms with Crippen LogP contribution in [0.15, 0.2) is 67.0 Å². The molecule has 6 rings (SSSR count). The quantitative estimate of drug-likeness (QED) is 0.163. The van der Waals surface area contributed by atoms with Crippen LogP contribution in [-0.4, -0.2) is 91.5 Å². The maximum atomic E-state index is 12.1. The van der Waals surface area contributed by atoms with E-state index >= 15 is 0 Å². The third-order valence-electron chi connectivity index (χ3n) is 9.14. The van der Waals surface area contributed by atoms with Crippen LogP contribution in [0.5, 0.6) is 0 Å². The second kappa shape index (κ2) is 14.4. The molecule has 0 radical (unpaired) electrons. The van der Waals surface area contributed by atoms with E-state index in [9.17, 15) is 15.0 Å². The number of likely N-dealkylation sites (tertiary alicyclic amines) is 1. The molecular weight excluding hydrogens is 568 g/mol. The third kappa shape index (κ3) is 7.11. The smallest absolute Gasteiger partial charge is 0.226 e. The number of imidazole rings is 1. The summed E-state index contributed by atoms with van der Waals surface area (Å²) in [6.07, 6.45) is 3.88. The zero-order valence-corrected chi connectivity index (χ0v) is 25.8. The van der Waals surface area contributed by atoms with Crippen LogP contribution in [0.2, 0.25) is 0 Å². The summed E-state index contributed by atoms with van der Waals surface area (Å²) in [7, 11) is 0. The molecule has 2 aliphatic rings. The van der Waals surface area contributed by atoms with Gasteiger partial charge in [0, 0.05) is 32.0 Å². The summed E-state index contributed by atoms with van der Waals surface area (Å²) in [4.78, 5) is 29.0. The number of aromatic nitrogens is 4. The number of carbonyl (C=O) groups is 1. The summed E-state index contributed by atoms with van der Waals surface area (Å²) < 4.78 is 1.82. The number of aliphatic hydroxyl groups excluding tert-OH is 2. The second-order valence-corrected chi connectivity index (χ2v) is 12.1. The minimum absolute atomic E-state index is 0.0738. The van der Waals surface area contributed by atoms with Gasteiger partial charge in [0.25, 0.3) is 0 Å². The average molecular weight is 613 g/mol. The van der Waals surface area contributed by atoms with Gasteiger partial charge in [-0.15, -0.1) is 0 Å². The Morgan fingerprint density at radius 2 is 1.62 bits per heavy atom. The van der Waals surface area contributed by atoms with Crippen LogP contribution in [0, 0.1) is 0 Å². The lowest BCUT2D eigenvalue weighted by Crippen LogP contribution is -2.42. The largest absolute Gasteiger partial charge is 0.388 e. The zero-order chi connectivity index (χ0) is 31.2. The van der Waals surface area contributed by atoms with Gasteiger partial charge in [0.2, 0.25) is 11.9 Å². The number of fused-ring (bicyclic) bond motifs is 1. The highest BCUT2D eigenvalue weighted by Gasteiger charge is 2.43. The van der Waals surface area contributed by atoms with Gasteiger partial charge >= 0.3 is 0 Å². The SMILES string of the molecule is CCC(=O)N[C@H]1CC(n2cnc3c(NCC(c4ccccc4)c4ccccc4)nc(NCCN4CCCCC4)nc32)[C@H](O)[C@@H]1O. The molecule has 0 spiro atoms. The van der Waals surface area contributed by atoms with E-state index in [-0.39, 0.29) is 11.8 Å². The fourth-order valence-corrected chi connectivity index (χ4v) is 6.60. The normalized spacial score (nSPS) is 22.1. The highest BCUT2D eigenvalue weighted by atomic mass is 16.3. The number of benzene rings is 2. The lowest BCUT2D eigenvalue weighted by Gasteiger charge is -2.26.